The zero-order chi connectivity index (χ0) is 28.3. The first-order valence-corrected chi connectivity index (χ1v) is 13.5. The number of nitrogens with two attached hydrogens (primary N) is 1. The molecule has 38 heavy (non-hydrogen) atoms. The van der Waals surface area contributed by atoms with Crippen LogP contribution in [0.1, 0.15) is 73.1 Å². The maximum absolute atomic E-state index is 13.5. The van der Waals surface area contributed by atoms with Crippen molar-refractivity contribution in [1.82, 2.24) is 16.1 Å². The molecule has 2 amide bonds. The number of hydrogen-bond donors (Lipinski definition) is 4. The molecule has 1 heterocycles. The van der Waals surface area contributed by atoms with Crippen molar-refractivity contribution in [2.75, 3.05) is 6.54 Å². The van der Waals surface area contributed by atoms with E-state index in [2.05, 4.69) is 56.8 Å². The third-order valence-corrected chi connectivity index (χ3v) is 8.47. The van der Waals surface area contributed by atoms with Crippen molar-refractivity contribution in [3.8, 4) is 0 Å². The van der Waals surface area contributed by atoms with Crippen LogP contribution >= 0.6 is 0 Å². The Morgan fingerprint density at radius 2 is 2.00 bits per heavy atom. The molecular weight excluding hydrogens is 491 g/mol. The molecule has 0 spiro atoms. The van der Waals surface area contributed by atoms with Crippen molar-refractivity contribution < 1.29 is 23.9 Å². The van der Waals surface area contributed by atoms with E-state index in [9.17, 15) is 19.7 Å². The first kappa shape index (κ1) is 29.9. The molecule has 0 unspecified atom stereocenters. The van der Waals surface area contributed by atoms with Gasteiger partial charge in [0.25, 0.3) is 5.96 Å². The van der Waals surface area contributed by atoms with Gasteiger partial charge in [0.15, 0.2) is 5.03 Å². The predicted octanol–water partition coefficient (Wildman–Crippen LogP) is 1.72. The van der Waals surface area contributed by atoms with E-state index in [1.165, 1.54) is 6.08 Å². The molecule has 5 N–H and O–H groups in total. The van der Waals surface area contributed by atoms with Gasteiger partial charge in [-0.15, -0.1) is 6.58 Å². The molecule has 0 aromatic carbocycles. The molecule has 3 aliphatic carbocycles. The smallest absolute Gasteiger partial charge is 0.404 e. The molecular formula is C25H43BN6O6. The van der Waals surface area contributed by atoms with Crippen molar-refractivity contribution in [2.45, 2.75) is 96.8 Å². The standard InChI is InChI=1S/C25H43BN6O6/c1-7-9-21(33)29-17(10-8-11-28-23(27)31-32(35)36)22(34)30-20(12-15(2)3)26-37-19-14-16-13-18(24(16,4)5)25(19,6)38-26/h7,15-20H,1,8-14H2,2-6H3,(H,29,33)(H,30,34)(H3,27,28,31)/t16-,17+,18-,19-,20+,25+/m1/s1. The summed E-state index contributed by atoms with van der Waals surface area (Å²) in [7, 11) is -0.575. The van der Waals surface area contributed by atoms with Crippen LogP contribution in [0, 0.1) is 33.3 Å². The molecule has 12 nitrogen and oxygen atoms in total. The van der Waals surface area contributed by atoms with Crippen LogP contribution in [-0.4, -0.2) is 60.2 Å². The van der Waals surface area contributed by atoms with E-state index in [1.54, 1.807) is 5.43 Å². The summed E-state index contributed by atoms with van der Waals surface area (Å²) in [6, 6.07) is -0.831. The quantitative estimate of drug-likeness (QED) is 0.0526. The molecule has 2 bridgehead atoms. The second-order valence-electron chi connectivity index (χ2n) is 12.0. The Morgan fingerprint density at radius 3 is 2.61 bits per heavy atom. The predicted molar refractivity (Wildman–Crippen MR) is 144 cm³/mol. The number of nitrogens with one attached hydrogen (secondary N) is 3. The van der Waals surface area contributed by atoms with E-state index in [0.717, 1.165) is 12.8 Å². The summed E-state index contributed by atoms with van der Waals surface area (Å²) in [5, 5.41) is 15.5. The van der Waals surface area contributed by atoms with Crippen LogP contribution in [0.15, 0.2) is 17.6 Å². The third kappa shape index (κ3) is 6.66. The van der Waals surface area contributed by atoms with Crippen molar-refractivity contribution in [2.24, 2.45) is 33.9 Å². The number of nitro groups is 1. The minimum atomic E-state index is -0.831. The molecule has 212 valence electrons. The highest BCUT2D eigenvalue weighted by Gasteiger charge is 2.68. The molecule has 3 saturated carbocycles. The monoisotopic (exact) mass is 534 g/mol. The van der Waals surface area contributed by atoms with E-state index in [4.69, 9.17) is 15.0 Å². The Balaban J connectivity index is 1.68. The summed E-state index contributed by atoms with van der Waals surface area (Å²) >= 11 is 0. The van der Waals surface area contributed by atoms with Crippen molar-refractivity contribution in [3.63, 3.8) is 0 Å². The van der Waals surface area contributed by atoms with Gasteiger partial charge in [-0.2, -0.15) is 0 Å². The van der Waals surface area contributed by atoms with E-state index >= 15 is 0 Å². The van der Waals surface area contributed by atoms with Gasteiger partial charge in [0.2, 0.25) is 11.8 Å². The minimum Gasteiger partial charge on any atom is -0.404 e. The zero-order valence-electron chi connectivity index (χ0n) is 23.2. The van der Waals surface area contributed by atoms with Crippen LogP contribution in [0.4, 0.5) is 0 Å². The molecule has 4 aliphatic rings. The maximum Gasteiger partial charge on any atom is 0.481 e. The van der Waals surface area contributed by atoms with Crippen molar-refractivity contribution in [3.05, 3.63) is 22.8 Å². The van der Waals surface area contributed by atoms with Crippen LogP contribution in [-0.2, 0) is 18.9 Å². The Labute approximate surface area is 225 Å². The van der Waals surface area contributed by atoms with Gasteiger partial charge in [-0.05, 0) is 62.2 Å². The van der Waals surface area contributed by atoms with Crippen LogP contribution < -0.4 is 21.8 Å². The number of nitrogens with zero attached hydrogens (tertiary/aromatic N) is 2. The molecule has 1 aliphatic heterocycles. The molecule has 6 atom stereocenters. The largest absolute Gasteiger partial charge is 0.481 e. The van der Waals surface area contributed by atoms with Crippen LogP contribution in [0.5, 0.6) is 0 Å². The van der Waals surface area contributed by atoms with Gasteiger partial charge in [0.1, 0.15) is 6.04 Å². The molecule has 1 saturated heterocycles. The number of rotatable bonds is 13. The average Bonchev–Trinajstić information content (AvgIpc) is 3.17. The molecule has 4 rings (SSSR count). The first-order chi connectivity index (χ1) is 17.8. The summed E-state index contributed by atoms with van der Waals surface area (Å²) in [6.07, 6.45) is 4.92. The fourth-order valence-electron chi connectivity index (χ4n) is 6.38. The lowest BCUT2D eigenvalue weighted by Gasteiger charge is -2.64. The minimum absolute atomic E-state index is 0.00461. The van der Waals surface area contributed by atoms with Gasteiger partial charge in [-0.3, -0.25) is 9.59 Å². The fraction of sp³-hybridized carbons (Fsp3) is 0.800. The lowest BCUT2D eigenvalue weighted by atomic mass is 9.43. The number of amides is 2. The highest BCUT2D eigenvalue weighted by molar-refractivity contribution is 6.48. The summed E-state index contributed by atoms with van der Waals surface area (Å²) in [4.78, 5) is 40.1. The second kappa shape index (κ2) is 12.0. The van der Waals surface area contributed by atoms with Crippen molar-refractivity contribution >= 4 is 24.9 Å². The van der Waals surface area contributed by atoms with Crippen LogP contribution in [0.2, 0.25) is 0 Å². The van der Waals surface area contributed by atoms with Gasteiger partial charge in [0, 0.05) is 13.0 Å². The number of hydrazine groups is 1. The summed E-state index contributed by atoms with van der Waals surface area (Å²) in [5.74, 6) is -0.0843. The van der Waals surface area contributed by atoms with Gasteiger partial charge < -0.3 is 25.7 Å². The van der Waals surface area contributed by atoms with Crippen LogP contribution in [0.3, 0.4) is 0 Å². The maximum atomic E-state index is 13.5. The van der Waals surface area contributed by atoms with E-state index in [-0.39, 0.29) is 60.5 Å². The summed E-state index contributed by atoms with van der Waals surface area (Å²) in [6.45, 7) is 14.6. The lowest BCUT2D eigenvalue weighted by Crippen LogP contribution is -2.65. The van der Waals surface area contributed by atoms with Gasteiger partial charge in [-0.1, -0.05) is 39.2 Å². The number of aliphatic imine (C=N–C) groups is 1. The highest BCUT2D eigenvalue weighted by Crippen LogP contribution is 2.65. The van der Waals surface area contributed by atoms with E-state index < -0.39 is 23.8 Å². The van der Waals surface area contributed by atoms with Gasteiger partial charge in [0.05, 0.1) is 17.6 Å². The molecule has 0 aromatic rings. The Bertz CT molecular complexity index is 945. The molecule has 0 aromatic heterocycles. The summed E-state index contributed by atoms with van der Waals surface area (Å²) in [5.41, 5.74) is 7.05. The number of carbonyl (C=O) groups is 2. The number of carbonyl (C=O) groups excluding carboxylic acids is 2. The highest BCUT2D eigenvalue weighted by atomic mass is 16.7. The summed E-state index contributed by atoms with van der Waals surface area (Å²) < 4.78 is 13.1. The molecule has 4 fully saturated rings. The van der Waals surface area contributed by atoms with E-state index in [0.29, 0.717) is 24.7 Å². The normalized spacial score (nSPS) is 29.1. The SMILES string of the molecule is C=CCC(=O)N[C@@H](CCCN=C(N)N[N+](=O)[O-])C(=O)N[C@@H](CC(C)C)B1O[C@@H]2C[C@H]3C[C@H](C3(C)C)[C@]2(C)O1. The second-order valence-corrected chi connectivity index (χ2v) is 12.0. The average molecular weight is 534 g/mol. The number of hydrogen-bond acceptors (Lipinski definition) is 7. The zero-order valence-corrected chi connectivity index (χ0v) is 23.2. The molecule has 13 heteroatoms. The third-order valence-electron chi connectivity index (χ3n) is 8.47. The van der Waals surface area contributed by atoms with E-state index in [1.807, 2.05) is 0 Å². The fourth-order valence-corrected chi connectivity index (χ4v) is 6.38. The molecule has 0 radical (unpaired) electrons. The van der Waals surface area contributed by atoms with Gasteiger partial charge >= 0.3 is 7.12 Å². The van der Waals surface area contributed by atoms with Crippen LogP contribution in [0.25, 0.3) is 0 Å². The number of guanidine groups is 1. The van der Waals surface area contributed by atoms with Crippen molar-refractivity contribution in [1.29, 1.82) is 0 Å². The lowest BCUT2D eigenvalue weighted by molar-refractivity contribution is -0.525. The topological polar surface area (TPSA) is 170 Å². The first-order valence-electron chi connectivity index (χ1n) is 13.5. The Morgan fingerprint density at radius 1 is 1.29 bits per heavy atom. The Hall–Kier alpha value is -2.67. The Kier molecular flexibility index (Phi) is 9.45. The van der Waals surface area contributed by atoms with Gasteiger partial charge in [-0.25, -0.2) is 15.1 Å².